The predicted octanol–water partition coefficient (Wildman–Crippen LogP) is 4.47. The minimum absolute atomic E-state index is 0.00795. The summed E-state index contributed by atoms with van der Waals surface area (Å²) >= 11 is 6.76. The van der Waals surface area contributed by atoms with E-state index in [0.29, 0.717) is 5.82 Å². The highest BCUT2D eigenvalue weighted by molar-refractivity contribution is 9.11. The molecule has 1 aliphatic rings. The van der Waals surface area contributed by atoms with Crippen LogP contribution in [0.25, 0.3) is 22.4 Å². The third-order valence-corrected chi connectivity index (χ3v) is 6.37. The molecule has 3 aromatic rings. The molecule has 0 saturated heterocycles. The van der Waals surface area contributed by atoms with Gasteiger partial charge in [0.2, 0.25) is 0 Å². The first-order valence-electron chi connectivity index (χ1n) is 6.69. The maximum Gasteiger partial charge on any atom is 0.260 e. The molecule has 0 fully saturated rings. The Balaban J connectivity index is 1.77. The molecular weight excluding hydrogens is 368 g/mol. The van der Waals surface area contributed by atoms with Gasteiger partial charge in [-0.3, -0.25) is 4.79 Å². The molecule has 1 aliphatic carbocycles. The molecule has 0 saturated carbocycles. The molecule has 0 radical (unpaired) electrons. The summed E-state index contributed by atoms with van der Waals surface area (Å²) in [6, 6.07) is 4.04. The van der Waals surface area contributed by atoms with Gasteiger partial charge in [0.15, 0.2) is 0 Å². The van der Waals surface area contributed by atoms with Gasteiger partial charge in [-0.1, -0.05) is 0 Å². The fraction of sp³-hybridized carbons (Fsp3) is 0.200. The van der Waals surface area contributed by atoms with Crippen molar-refractivity contribution in [2.45, 2.75) is 19.3 Å². The molecule has 1 N–H and O–H groups in total. The molecule has 6 heteroatoms. The largest absolute Gasteiger partial charge is 0.306 e. The molecule has 3 heterocycles. The molecule has 3 aromatic heterocycles. The number of thiophene rings is 2. The van der Waals surface area contributed by atoms with Crippen LogP contribution in [0.1, 0.15) is 27.6 Å². The smallest absolute Gasteiger partial charge is 0.260 e. The van der Waals surface area contributed by atoms with Crippen LogP contribution in [0.5, 0.6) is 0 Å². The van der Waals surface area contributed by atoms with Crippen molar-refractivity contribution < 1.29 is 0 Å². The zero-order valence-corrected chi connectivity index (χ0v) is 14.2. The van der Waals surface area contributed by atoms with E-state index < -0.39 is 0 Å². The summed E-state index contributed by atoms with van der Waals surface area (Å²) in [5.41, 5.74) is 1.22. The number of hydrogen-bond acceptors (Lipinski definition) is 4. The molecule has 0 bridgehead atoms. The lowest BCUT2D eigenvalue weighted by atomic mass is 10.2. The van der Waals surface area contributed by atoms with Crippen molar-refractivity contribution in [2.24, 2.45) is 0 Å². The predicted molar refractivity (Wildman–Crippen MR) is 93.2 cm³/mol. The monoisotopic (exact) mass is 378 g/mol. The number of aromatic nitrogens is 2. The second-order valence-corrected chi connectivity index (χ2v) is 8.54. The average Bonchev–Trinajstić information content (AvgIpc) is 3.11. The molecule has 0 unspecified atom stereocenters. The van der Waals surface area contributed by atoms with E-state index in [-0.39, 0.29) is 5.56 Å². The molecular formula is C15H11BrN2OS2. The number of nitrogens with one attached hydrogen (secondary N) is 1. The van der Waals surface area contributed by atoms with Crippen LogP contribution in [0.15, 0.2) is 20.7 Å². The van der Waals surface area contributed by atoms with Gasteiger partial charge in [-0.25, -0.2) is 4.98 Å². The third-order valence-electron chi connectivity index (χ3n) is 3.59. The van der Waals surface area contributed by atoms with E-state index in [1.807, 2.05) is 24.3 Å². The molecule has 0 spiro atoms. The van der Waals surface area contributed by atoms with Crippen LogP contribution >= 0.6 is 38.6 Å². The number of aromatic amines is 1. The number of hydrogen-bond donors (Lipinski definition) is 1. The fourth-order valence-electron chi connectivity index (χ4n) is 2.68. The Bertz CT molecular complexity index is 920. The van der Waals surface area contributed by atoms with Gasteiger partial charge in [0, 0.05) is 9.75 Å². The lowest BCUT2D eigenvalue weighted by Gasteiger charge is -1.96. The zero-order chi connectivity index (χ0) is 14.4. The van der Waals surface area contributed by atoms with Crippen LogP contribution in [0.3, 0.4) is 0 Å². The van der Waals surface area contributed by atoms with Crippen LogP contribution in [0.4, 0.5) is 0 Å². The van der Waals surface area contributed by atoms with Gasteiger partial charge in [0.1, 0.15) is 10.7 Å². The molecule has 106 valence electrons. The number of aryl methyl sites for hydroxylation is 2. The van der Waals surface area contributed by atoms with Crippen molar-refractivity contribution in [1.82, 2.24) is 9.97 Å². The van der Waals surface area contributed by atoms with Crippen molar-refractivity contribution >= 4 is 61.0 Å². The summed E-state index contributed by atoms with van der Waals surface area (Å²) < 4.78 is 1.09. The normalized spacial score (nSPS) is 14.3. The Morgan fingerprint density at radius 3 is 2.95 bits per heavy atom. The van der Waals surface area contributed by atoms with Crippen molar-refractivity contribution in [2.75, 3.05) is 0 Å². The molecule has 3 nitrogen and oxygen atoms in total. The van der Waals surface area contributed by atoms with Gasteiger partial charge < -0.3 is 4.98 Å². The molecule has 0 atom stereocenters. The molecule has 4 rings (SSSR count). The Morgan fingerprint density at radius 1 is 1.24 bits per heavy atom. The number of nitrogens with zero attached hydrogens (tertiary/aromatic N) is 1. The summed E-state index contributed by atoms with van der Waals surface area (Å²) in [4.78, 5) is 23.1. The van der Waals surface area contributed by atoms with E-state index in [9.17, 15) is 4.79 Å². The number of halogens is 1. The van der Waals surface area contributed by atoms with E-state index in [1.165, 1.54) is 10.4 Å². The van der Waals surface area contributed by atoms with Gasteiger partial charge in [-0.2, -0.15) is 0 Å². The van der Waals surface area contributed by atoms with E-state index in [1.54, 1.807) is 22.7 Å². The fourth-order valence-corrected chi connectivity index (χ4v) is 5.27. The van der Waals surface area contributed by atoms with Gasteiger partial charge in [0.25, 0.3) is 5.56 Å². The Kier molecular flexibility index (Phi) is 3.32. The van der Waals surface area contributed by atoms with Crippen LogP contribution < -0.4 is 5.56 Å². The van der Waals surface area contributed by atoms with Gasteiger partial charge in [0.05, 0.1) is 9.17 Å². The topological polar surface area (TPSA) is 45.8 Å². The minimum atomic E-state index is -0.00795. The van der Waals surface area contributed by atoms with E-state index in [0.717, 1.165) is 38.1 Å². The second kappa shape index (κ2) is 5.19. The molecule has 21 heavy (non-hydrogen) atoms. The highest BCUT2D eigenvalue weighted by atomic mass is 79.9. The molecule has 0 amide bonds. The Labute approximate surface area is 137 Å². The van der Waals surface area contributed by atoms with Crippen molar-refractivity contribution in [1.29, 1.82) is 0 Å². The second-order valence-electron chi connectivity index (χ2n) is 4.96. The first-order chi connectivity index (χ1) is 10.2. The van der Waals surface area contributed by atoms with E-state index in [2.05, 4.69) is 25.9 Å². The first-order valence-corrected chi connectivity index (χ1v) is 9.11. The summed E-state index contributed by atoms with van der Waals surface area (Å²) in [6.45, 7) is 0. The highest BCUT2D eigenvalue weighted by Gasteiger charge is 2.20. The SMILES string of the molecule is O=c1[nH]c(/C=C/c2ccc(Br)s2)nc2sc3c(c12)CCC3. The van der Waals surface area contributed by atoms with E-state index >= 15 is 0 Å². The third kappa shape index (κ3) is 2.41. The maximum atomic E-state index is 12.3. The van der Waals surface area contributed by atoms with Crippen LogP contribution in [0, 0.1) is 0 Å². The summed E-state index contributed by atoms with van der Waals surface area (Å²) in [5, 5.41) is 0.809. The average molecular weight is 379 g/mol. The summed E-state index contributed by atoms with van der Waals surface area (Å²) in [7, 11) is 0. The lowest BCUT2D eigenvalue weighted by molar-refractivity contribution is 0.916. The maximum absolute atomic E-state index is 12.3. The van der Waals surface area contributed by atoms with Crippen molar-refractivity contribution in [3.8, 4) is 0 Å². The van der Waals surface area contributed by atoms with Gasteiger partial charge >= 0.3 is 0 Å². The minimum Gasteiger partial charge on any atom is -0.306 e. The lowest BCUT2D eigenvalue weighted by Crippen LogP contribution is -2.09. The summed E-state index contributed by atoms with van der Waals surface area (Å²) in [5.74, 6) is 0.622. The first kappa shape index (κ1) is 13.4. The Hall–Kier alpha value is -1.24. The highest BCUT2D eigenvalue weighted by Crippen LogP contribution is 2.34. The summed E-state index contributed by atoms with van der Waals surface area (Å²) in [6.07, 6.45) is 7.10. The van der Waals surface area contributed by atoms with E-state index in [4.69, 9.17) is 0 Å². The van der Waals surface area contributed by atoms with Gasteiger partial charge in [-0.05, 0) is 65.0 Å². The van der Waals surface area contributed by atoms with Gasteiger partial charge in [-0.15, -0.1) is 22.7 Å². The number of H-pyrrole nitrogens is 1. The quantitative estimate of drug-likeness (QED) is 0.714. The van der Waals surface area contributed by atoms with Crippen molar-refractivity contribution in [3.05, 3.63) is 47.4 Å². The van der Waals surface area contributed by atoms with Crippen molar-refractivity contribution in [3.63, 3.8) is 0 Å². The van der Waals surface area contributed by atoms with Crippen LogP contribution in [0.2, 0.25) is 0 Å². The van der Waals surface area contributed by atoms with Crippen LogP contribution in [-0.4, -0.2) is 9.97 Å². The molecule has 0 aliphatic heterocycles. The standard InChI is InChI=1S/C15H11BrN2OS2/c16-11-6-4-8(20-11)5-7-12-17-14(19)13-9-2-1-3-10(9)21-15(13)18-12/h4-7H,1-3H2,(H,17,18,19)/b7-5+. The zero-order valence-electron chi connectivity index (χ0n) is 11.0. The Morgan fingerprint density at radius 2 is 2.14 bits per heavy atom. The van der Waals surface area contributed by atoms with Crippen LogP contribution in [-0.2, 0) is 12.8 Å². The number of rotatable bonds is 2. The molecule has 0 aromatic carbocycles. The number of fused-ring (bicyclic) bond motifs is 3.